The van der Waals surface area contributed by atoms with E-state index < -0.39 is 0 Å². The molecule has 1 aromatic rings. The molecule has 0 saturated carbocycles. The van der Waals surface area contributed by atoms with Gasteiger partial charge in [-0.1, -0.05) is 13.8 Å². The quantitative estimate of drug-likeness (QED) is 0.548. The molecule has 0 saturated heterocycles. The van der Waals surface area contributed by atoms with Gasteiger partial charge in [0.25, 0.3) is 0 Å². The number of rotatable bonds is 0. The highest BCUT2D eigenvalue weighted by Gasteiger charge is 1.86. The Morgan fingerprint density at radius 3 is 1.40 bits per heavy atom. The molecular formula is C8H14N2. The van der Waals surface area contributed by atoms with Gasteiger partial charge in [0.2, 0.25) is 0 Å². The molecule has 0 amide bonds. The van der Waals surface area contributed by atoms with E-state index in [9.17, 15) is 0 Å². The van der Waals surface area contributed by atoms with Crippen LogP contribution in [0.2, 0.25) is 0 Å². The summed E-state index contributed by atoms with van der Waals surface area (Å²) in [6.45, 7) is 8.04. The molecule has 10 heavy (non-hydrogen) atoms. The van der Waals surface area contributed by atoms with Crippen molar-refractivity contribution in [3.05, 3.63) is 23.5 Å². The zero-order valence-corrected chi connectivity index (χ0v) is 7.05. The van der Waals surface area contributed by atoms with E-state index in [4.69, 9.17) is 0 Å². The Morgan fingerprint density at radius 2 is 1.20 bits per heavy atom. The summed E-state index contributed by atoms with van der Waals surface area (Å²) in [6, 6.07) is 0. The maximum Gasteiger partial charge on any atom is 0.0528 e. The highest BCUT2D eigenvalue weighted by atomic mass is 15.1. The predicted molar refractivity (Wildman–Crippen MR) is 42.9 cm³/mol. The van der Waals surface area contributed by atoms with Gasteiger partial charge in [0.15, 0.2) is 0 Å². The molecule has 0 bridgehead atoms. The maximum absolute atomic E-state index is 3.70. The molecule has 1 heterocycles. The first-order valence-electron chi connectivity index (χ1n) is 3.54. The van der Waals surface area contributed by atoms with Gasteiger partial charge in [-0.05, 0) is 25.0 Å². The summed E-state index contributed by atoms with van der Waals surface area (Å²) in [5.41, 5.74) is 2.39. The van der Waals surface area contributed by atoms with E-state index >= 15 is 0 Å². The van der Waals surface area contributed by atoms with Crippen LogP contribution in [0.1, 0.15) is 25.0 Å². The molecule has 0 radical (unpaired) electrons. The van der Waals surface area contributed by atoms with Crippen LogP contribution in [0.25, 0.3) is 0 Å². The molecule has 0 unspecified atom stereocenters. The molecule has 0 aliphatic heterocycles. The Morgan fingerprint density at radius 1 is 0.900 bits per heavy atom. The van der Waals surface area contributed by atoms with Crippen molar-refractivity contribution in [1.29, 1.82) is 0 Å². The fraction of sp³-hybridized carbons (Fsp3) is 0.500. The Kier molecular flexibility index (Phi) is 4.46. The van der Waals surface area contributed by atoms with Crippen LogP contribution in [0.3, 0.4) is 0 Å². The van der Waals surface area contributed by atoms with Gasteiger partial charge in [-0.2, -0.15) is 10.2 Å². The third-order valence-corrected chi connectivity index (χ3v) is 1.19. The predicted octanol–water partition coefficient (Wildman–Crippen LogP) is 2.12. The summed E-state index contributed by atoms with van der Waals surface area (Å²) in [5.74, 6) is 0. The highest BCUT2D eigenvalue weighted by molar-refractivity contribution is 5.15. The summed E-state index contributed by atoms with van der Waals surface area (Å²) in [7, 11) is 0. The van der Waals surface area contributed by atoms with Crippen molar-refractivity contribution in [3.63, 3.8) is 0 Å². The first kappa shape index (κ1) is 9.08. The molecular weight excluding hydrogens is 124 g/mol. The van der Waals surface area contributed by atoms with E-state index in [-0.39, 0.29) is 0 Å². The van der Waals surface area contributed by atoms with Gasteiger partial charge in [-0.3, -0.25) is 0 Å². The normalized spacial score (nSPS) is 8.00. The zero-order chi connectivity index (χ0) is 7.98. The van der Waals surface area contributed by atoms with Crippen LogP contribution in [-0.2, 0) is 0 Å². The number of hydrogen-bond acceptors (Lipinski definition) is 2. The molecule has 0 spiro atoms. The monoisotopic (exact) mass is 138 g/mol. The smallest absolute Gasteiger partial charge is 0.0528 e. The highest BCUT2D eigenvalue weighted by Crippen LogP contribution is 1.98. The van der Waals surface area contributed by atoms with Crippen LogP contribution in [0, 0.1) is 13.8 Å². The van der Waals surface area contributed by atoms with Gasteiger partial charge in [0.1, 0.15) is 0 Å². The van der Waals surface area contributed by atoms with E-state index in [2.05, 4.69) is 10.2 Å². The van der Waals surface area contributed by atoms with Crippen molar-refractivity contribution in [3.8, 4) is 0 Å². The maximum atomic E-state index is 3.70. The minimum Gasteiger partial charge on any atom is -0.159 e. The lowest BCUT2D eigenvalue weighted by Gasteiger charge is -1.91. The average molecular weight is 138 g/mol. The molecule has 0 fully saturated rings. The van der Waals surface area contributed by atoms with Gasteiger partial charge in [-0.15, -0.1) is 0 Å². The second kappa shape index (κ2) is 4.91. The fourth-order valence-corrected chi connectivity index (χ4v) is 0.444. The lowest BCUT2D eigenvalue weighted by Crippen LogP contribution is -1.84. The van der Waals surface area contributed by atoms with Crippen molar-refractivity contribution in [2.75, 3.05) is 0 Å². The Labute approximate surface area is 62.3 Å². The molecule has 56 valence electrons. The van der Waals surface area contributed by atoms with Crippen LogP contribution in [-0.4, -0.2) is 10.2 Å². The lowest BCUT2D eigenvalue weighted by atomic mass is 10.2. The molecule has 0 aliphatic carbocycles. The van der Waals surface area contributed by atoms with E-state index in [1.54, 1.807) is 12.4 Å². The third kappa shape index (κ3) is 2.58. The van der Waals surface area contributed by atoms with Crippen molar-refractivity contribution in [1.82, 2.24) is 10.2 Å². The zero-order valence-electron chi connectivity index (χ0n) is 7.05. The fourth-order valence-electron chi connectivity index (χ4n) is 0.444. The summed E-state index contributed by atoms with van der Waals surface area (Å²) in [6.07, 6.45) is 3.52. The van der Waals surface area contributed by atoms with Crippen molar-refractivity contribution >= 4 is 0 Å². The molecule has 0 aliphatic rings. The average Bonchev–Trinajstić information content (AvgIpc) is 2.00. The van der Waals surface area contributed by atoms with Crippen molar-refractivity contribution < 1.29 is 0 Å². The molecule has 1 aromatic heterocycles. The first-order chi connectivity index (χ1) is 4.80. The Balaban J connectivity index is 0.000000371. The van der Waals surface area contributed by atoms with Gasteiger partial charge >= 0.3 is 0 Å². The second-order valence-electron chi connectivity index (χ2n) is 1.86. The van der Waals surface area contributed by atoms with Crippen LogP contribution in [0.4, 0.5) is 0 Å². The summed E-state index contributed by atoms with van der Waals surface area (Å²) >= 11 is 0. The summed E-state index contributed by atoms with van der Waals surface area (Å²) < 4.78 is 0. The summed E-state index contributed by atoms with van der Waals surface area (Å²) in [5, 5.41) is 7.39. The van der Waals surface area contributed by atoms with E-state index in [1.165, 1.54) is 11.1 Å². The van der Waals surface area contributed by atoms with Crippen LogP contribution < -0.4 is 0 Å². The molecule has 2 heteroatoms. The lowest BCUT2D eigenvalue weighted by molar-refractivity contribution is 0.995. The molecule has 2 nitrogen and oxygen atoms in total. The van der Waals surface area contributed by atoms with Gasteiger partial charge in [0.05, 0.1) is 12.4 Å². The second-order valence-corrected chi connectivity index (χ2v) is 1.86. The number of nitrogens with zero attached hydrogens (tertiary/aromatic N) is 2. The molecule has 0 atom stereocenters. The van der Waals surface area contributed by atoms with E-state index in [0.717, 1.165) is 0 Å². The van der Waals surface area contributed by atoms with E-state index in [1.807, 2.05) is 27.7 Å². The Hall–Kier alpha value is -0.920. The minimum absolute atomic E-state index is 1.19. The van der Waals surface area contributed by atoms with Crippen LogP contribution in [0.15, 0.2) is 12.4 Å². The topological polar surface area (TPSA) is 25.8 Å². The molecule has 1 rings (SSSR count). The minimum atomic E-state index is 1.19. The molecule has 0 aromatic carbocycles. The van der Waals surface area contributed by atoms with Crippen molar-refractivity contribution in [2.45, 2.75) is 27.7 Å². The third-order valence-electron chi connectivity index (χ3n) is 1.19. The first-order valence-corrected chi connectivity index (χ1v) is 3.54. The Bertz CT molecular complexity index is 163. The van der Waals surface area contributed by atoms with E-state index in [0.29, 0.717) is 0 Å². The van der Waals surface area contributed by atoms with Gasteiger partial charge < -0.3 is 0 Å². The summed E-state index contributed by atoms with van der Waals surface area (Å²) in [4.78, 5) is 0. The standard InChI is InChI=1S/C6H8N2.C2H6/c1-5-3-7-8-4-6(5)2;1-2/h3-4H,1-2H3;1-2H3. The largest absolute Gasteiger partial charge is 0.159 e. The molecule has 0 N–H and O–H groups in total. The van der Waals surface area contributed by atoms with Gasteiger partial charge in [0, 0.05) is 0 Å². The van der Waals surface area contributed by atoms with Crippen LogP contribution >= 0.6 is 0 Å². The van der Waals surface area contributed by atoms with Crippen molar-refractivity contribution in [2.24, 2.45) is 0 Å². The number of aryl methyl sites for hydroxylation is 2. The SMILES string of the molecule is CC.Cc1cnncc1C. The van der Waals surface area contributed by atoms with Gasteiger partial charge in [-0.25, -0.2) is 0 Å². The number of hydrogen-bond donors (Lipinski definition) is 0. The number of aromatic nitrogens is 2. The van der Waals surface area contributed by atoms with Crippen LogP contribution in [0.5, 0.6) is 0 Å².